The first-order chi connectivity index (χ1) is 14.6. The van der Waals surface area contributed by atoms with Crippen molar-refractivity contribution in [3.63, 3.8) is 0 Å². The van der Waals surface area contributed by atoms with Gasteiger partial charge in [0.25, 0.3) is 5.91 Å². The summed E-state index contributed by atoms with van der Waals surface area (Å²) in [7, 11) is -0.916. The summed E-state index contributed by atoms with van der Waals surface area (Å²) in [5.74, 6) is -0.881. The maximum absolute atomic E-state index is 12.5. The molecule has 1 unspecified atom stereocenters. The van der Waals surface area contributed by atoms with Crippen molar-refractivity contribution < 1.29 is 31.6 Å². The second kappa shape index (κ2) is 8.81. The van der Waals surface area contributed by atoms with Gasteiger partial charge >= 0.3 is 6.61 Å². The predicted octanol–water partition coefficient (Wildman–Crippen LogP) is 1.74. The van der Waals surface area contributed by atoms with Gasteiger partial charge in [0.1, 0.15) is 16.8 Å². The molecule has 0 radical (unpaired) electrons. The fraction of sp³-hybridized carbons (Fsp3) is 0.278. The van der Waals surface area contributed by atoms with E-state index in [0.29, 0.717) is 5.52 Å². The van der Waals surface area contributed by atoms with Crippen LogP contribution in [-0.4, -0.2) is 60.6 Å². The number of nitrogens with one attached hydrogen (secondary N) is 1. The highest BCUT2D eigenvalue weighted by Gasteiger charge is 2.22. The molecule has 1 aromatic heterocycles. The van der Waals surface area contributed by atoms with Crippen molar-refractivity contribution in [3.05, 3.63) is 42.5 Å². The van der Waals surface area contributed by atoms with Crippen LogP contribution in [0.15, 0.2) is 47.4 Å². The van der Waals surface area contributed by atoms with E-state index in [1.165, 1.54) is 63.5 Å². The number of anilines is 1. The summed E-state index contributed by atoms with van der Waals surface area (Å²) in [6, 6.07) is 9.86. The van der Waals surface area contributed by atoms with Crippen molar-refractivity contribution in [2.45, 2.75) is 24.5 Å². The van der Waals surface area contributed by atoms with Gasteiger partial charge in [-0.2, -0.15) is 8.78 Å². The fourth-order valence-electron chi connectivity index (χ4n) is 2.53. The number of aromatic nitrogens is 3. The van der Waals surface area contributed by atoms with E-state index in [4.69, 9.17) is 4.84 Å². The third kappa shape index (κ3) is 4.88. The zero-order valence-electron chi connectivity index (χ0n) is 16.7. The number of carbonyl (C=O) groups is 1. The molecule has 0 saturated heterocycles. The van der Waals surface area contributed by atoms with Crippen LogP contribution in [0.5, 0.6) is 5.75 Å². The Morgan fingerprint density at radius 2 is 1.90 bits per heavy atom. The van der Waals surface area contributed by atoms with Gasteiger partial charge in [0, 0.05) is 14.1 Å². The standard InChI is InChI=1S/C18H19F2N5O5S/c1-11(17(26)21-14-6-4-5-7-16(14)29-18(19)20)30-25-15-10-12(31(27,28)24(2)3)8-9-13(15)22-23-25/h4-11,18H,1-3H3,(H,21,26). The molecular formula is C18H19F2N5O5S. The van der Waals surface area contributed by atoms with Gasteiger partial charge in [0.05, 0.1) is 10.6 Å². The van der Waals surface area contributed by atoms with Gasteiger partial charge in [0.15, 0.2) is 0 Å². The molecule has 0 aliphatic heterocycles. The number of benzene rings is 2. The number of hydrogen-bond acceptors (Lipinski definition) is 7. The first-order valence-electron chi connectivity index (χ1n) is 8.89. The second-order valence-electron chi connectivity index (χ2n) is 6.51. The highest BCUT2D eigenvalue weighted by atomic mass is 32.2. The van der Waals surface area contributed by atoms with Crippen LogP contribution < -0.4 is 14.9 Å². The molecule has 1 amide bonds. The van der Waals surface area contributed by atoms with Gasteiger partial charge in [-0.25, -0.2) is 12.7 Å². The highest BCUT2D eigenvalue weighted by molar-refractivity contribution is 7.89. The maximum atomic E-state index is 12.5. The molecule has 10 nitrogen and oxygen atoms in total. The summed E-state index contributed by atoms with van der Waals surface area (Å²) in [4.78, 5) is 18.9. The first-order valence-corrected chi connectivity index (χ1v) is 10.3. The number of para-hydroxylation sites is 2. The number of ether oxygens (including phenoxy) is 1. The Labute approximate surface area is 176 Å². The molecular weight excluding hydrogens is 436 g/mol. The molecule has 31 heavy (non-hydrogen) atoms. The van der Waals surface area contributed by atoms with E-state index in [1.54, 1.807) is 0 Å². The van der Waals surface area contributed by atoms with Gasteiger partial charge in [-0.05, 0) is 42.5 Å². The number of sulfonamides is 1. The molecule has 2 aromatic carbocycles. The smallest absolute Gasteiger partial charge is 0.387 e. The third-order valence-electron chi connectivity index (χ3n) is 4.15. The average molecular weight is 455 g/mol. The lowest BCUT2D eigenvalue weighted by Gasteiger charge is -2.16. The Bertz CT molecular complexity index is 1200. The van der Waals surface area contributed by atoms with Gasteiger partial charge in [-0.15, -0.1) is 5.10 Å². The molecule has 0 saturated carbocycles. The summed E-state index contributed by atoms with van der Waals surface area (Å²) >= 11 is 0. The van der Waals surface area contributed by atoms with Gasteiger partial charge in [0.2, 0.25) is 16.1 Å². The lowest BCUT2D eigenvalue weighted by Crippen LogP contribution is -2.35. The minimum absolute atomic E-state index is 0.00710. The summed E-state index contributed by atoms with van der Waals surface area (Å²) < 4.78 is 55.2. The van der Waals surface area contributed by atoms with Crippen LogP contribution in [0.3, 0.4) is 0 Å². The van der Waals surface area contributed by atoms with E-state index in [2.05, 4.69) is 20.4 Å². The molecule has 1 N–H and O–H groups in total. The molecule has 13 heteroatoms. The molecule has 0 aliphatic rings. The van der Waals surface area contributed by atoms with Crippen molar-refractivity contribution in [2.24, 2.45) is 0 Å². The summed E-state index contributed by atoms with van der Waals surface area (Å²) in [5.41, 5.74) is 0.607. The maximum Gasteiger partial charge on any atom is 0.387 e. The Kier molecular flexibility index (Phi) is 6.36. The van der Waals surface area contributed by atoms with E-state index in [1.807, 2.05) is 0 Å². The summed E-state index contributed by atoms with van der Waals surface area (Å²) in [6.07, 6.45) is -1.14. The monoisotopic (exact) mass is 455 g/mol. The Balaban J connectivity index is 1.80. The van der Waals surface area contributed by atoms with Gasteiger partial charge in [-0.1, -0.05) is 17.0 Å². The van der Waals surface area contributed by atoms with Crippen molar-refractivity contribution in [2.75, 3.05) is 19.4 Å². The average Bonchev–Trinajstić information content (AvgIpc) is 3.11. The first kappa shape index (κ1) is 22.4. The Morgan fingerprint density at radius 1 is 1.19 bits per heavy atom. The molecule has 0 bridgehead atoms. The normalized spacial score (nSPS) is 12.9. The van der Waals surface area contributed by atoms with E-state index < -0.39 is 28.6 Å². The molecule has 3 aromatic rings. The number of rotatable bonds is 8. The second-order valence-corrected chi connectivity index (χ2v) is 8.66. The third-order valence-corrected chi connectivity index (χ3v) is 5.96. The van der Waals surface area contributed by atoms with Crippen molar-refractivity contribution in [1.29, 1.82) is 0 Å². The van der Waals surface area contributed by atoms with E-state index in [0.717, 1.165) is 9.15 Å². The zero-order chi connectivity index (χ0) is 22.8. The summed E-state index contributed by atoms with van der Waals surface area (Å²) in [5, 5.41) is 10.1. The Morgan fingerprint density at radius 3 is 2.58 bits per heavy atom. The highest BCUT2D eigenvalue weighted by Crippen LogP contribution is 2.25. The predicted molar refractivity (Wildman–Crippen MR) is 106 cm³/mol. The molecule has 0 aliphatic carbocycles. The van der Waals surface area contributed by atoms with Crippen LogP contribution in [0.2, 0.25) is 0 Å². The van der Waals surface area contributed by atoms with E-state index >= 15 is 0 Å². The molecule has 1 atom stereocenters. The number of nitrogens with zero attached hydrogens (tertiary/aromatic N) is 4. The molecule has 0 fully saturated rings. The minimum atomic E-state index is -3.71. The van der Waals surface area contributed by atoms with Gasteiger partial charge in [-0.3, -0.25) is 4.79 Å². The Hall–Kier alpha value is -3.32. The van der Waals surface area contributed by atoms with Gasteiger partial charge < -0.3 is 14.9 Å². The summed E-state index contributed by atoms with van der Waals surface area (Å²) in [6.45, 7) is -1.65. The van der Waals surface area contributed by atoms with Crippen molar-refractivity contribution >= 4 is 32.7 Å². The molecule has 166 valence electrons. The number of alkyl halides is 2. The lowest BCUT2D eigenvalue weighted by molar-refractivity contribution is -0.127. The number of amides is 1. The minimum Gasteiger partial charge on any atom is -0.433 e. The van der Waals surface area contributed by atoms with Crippen LogP contribution in [0.1, 0.15) is 6.92 Å². The van der Waals surface area contributed by atoms with Crippen LogP contribution >= 0.6 is 0 Å². The number of carbonyl (C=O) groups excluding carboxylic acids is 1. The van der Waals surface area contributed by atoms with Crippen LogP contribution in [0.25, 0.3) is 11.0 Å². The topological polar surface area (TPSA) is 116 Å². The number of fused-ring (bicyclic) bond motifs is 1. The van der Waals surface area contributed by atoms with Crippen molar-refractivity contribution in [3.8, 4) is 5.75 Å². The molecule has 3 rings (SSSR count). The SMILES string of the molecule is CC(On1nnc2ccc(S(=O)(=O)N(C)C)cc21)C(=O)Nc1ccccc1OC(F)F. The number of halogens is 2. The van der Waals surface area contributed by atoms with E-state index in [-0.39, 0.29) is 21.8 Å². The lowest BCUT2D eigenvalue weighted by atomic mass is 10.2. The number of hydrogen-bond donors (Lipinski definition) is 1. The molecule has 1 heterocycles. The van der Waals surface area contributed by atoms with Crippen molar-refractivity contribution in [1.82, 2.24) is 19.5 Å². The van der Waals surface area contributed by atoms with Crippen LogP contribution in [0.4, 0.5) is 14.5 Å². The zero-order valence-corrected chi connectivity index (χ0v) is 17.5. The fourth-order valence-corrected chi connectivity index (χ4v) is 3.45. The molecule has 0 spiro atoms. The largest absolute Gasteiger partial charge is 0.433 e. The quantitative estimate of drug-likeness (QED) is 0.550. The van der Waals surface area contributed by atoms with Crippen LogP contribution in [0, 0.1) is 0 Å². The van der Waals surface area contributed by atoms with Crippen LogP contribution in [-0.2, 0) is 14.8 Å². The van der Waals surface area contributed by atoms with E-state index in [9.17, 15) is 22.0 Å².